The van der Waals surface area contributed by atoms with Crippen molar-refractivity contribution in [3.8, 4) is 0 Å². The van der Waals surface area contributed by atoms with Gasteiger partial charge < -0.3 is 10.3 Å². The van der Waals surface area contributed by atoms with Crippen molar-refractivity contribution in [2.24, 2.45) is 0 Å². The first-order valence-corrected chi connectivity index (χ1v) is 6.44. The van der Waals surface area contributed by atoms with E-state index in [-0.39, 0.29) is 5.91 Å². The summed E-state index contributed by atoms with van der Waals surface area (Å²) < 4.78 is 0. The number of benzene rings is 1. The number of carbonyl (C=O) groups excluding carboxylic acids is 1. The molecule has 0 saturated heterocycles. The van der Waals surface area contributed by atoms with Gasteiger partial charge in [0.25, 0.3) is 5.91 Å². The predicted molar refractivity (Wildman–Crippen MR) is 78.9 cm³/mol. The first kappa shape index (κ1) is 13.4. The Kier molecular flexibility index (Phi) is 3.47. The number of rotatable bonds is 2. The molecule has 0 bridgehead atoms. The number of nitrogens with one attached hydrogen (secondary N) is 2. The lowest BCUT2D eigenvalue weighted by molar-refractivity contribution is 0.102. The molecule has 1 aromatic heterocycles. The van der Waals surface area contributed by atoms with Crippen molar-refractivity contribution in [1.29, 1.82) is 0 Å². The summed E-state index contributed by atoms with van der Waals surface area (Å²) in [5, 5.41) is 2.99. The van der Waals surface area contributed by atoms with Crippen molar-refractivity contribution in [2.45, 2.75) is 34.6 Å². The third kappa shape index (κ3) is 2.55. The molecule has 0 radical (unpaired) electrons. The van der Waals surface area contributed by atoms with Crippen LogP contribution in [0.15, 0.2) is 18.2 Å². The van der Waals surface area contributed by atoms with Gasteiger partial charge >= 0.3 is 0 Å². The van der Waals surface area contributed by atoms with Crippen LogP contribution in [-0.4, -0.2) is 10.9 Å². The van der Waals surface area contributed by atoms with Gasteiger partial charge in [0.2, 0.25) is 0 Å². The SMILES string of the molecule is Cc1ccc(NC(=O)c2c(C)[nH]c(C)c2C)c(C)c1. The van der Waals surface area contributed by atoms with E-state index in [1.54, 1.807) is 0 Å². The van der Waals surface area contributed by atoms with Crippen molar-refractivity contribution in [1.82, 2.24) is 4.98 Å². The summed E-state index contributed by atoms with van der Waals surface area (Å²) in [6, 6.07) is 6.02. The van der Waals surface area contributed by atoms with Crippen LogP contribution in [-0.2, 0) is 0 Å². The highest BCUT2D eigenvalue weighted by Crippen LogP contribution is 2.21. The van der Waals surface area contributed by atoms with Crippen molar-refractivity contribution in [3.05, 3.63) is 51.8 Å². The fourth-order valence-corrected chi connectivity index (χ4v) is 2.39. The van der Waals surface area contributed by atoms with Crippen LogP contribution in [0.25, 0.3) is 0 Å². The Bertz CT molecular complexity index is 638. The number of amides is 1. The summed E-state index contributed by atoms with van der Waals surface area (Å²) in [6.07, 6.45) is 0. The fourth-order valence-electron chi connectivity index (χ4n) is 2.39. The molecule has 0 atom stereocenters. The van der Waals surface area contributed by atoms with E-state index in [0.717, 1.165) is 33.8 Å². The number of hydrogen-bond acceptors (Lipinski definition) is 1. The van der Waals surface area contributed by atoms with E-state index in [9.17, 15) is 4.79 Å². The van der Waals surface area contributed by atoms with Crippen molar-refractivity contribution >= 4 is 11.6 Å². The zero-order valence-corrected chi connectivity index (χ0v) is 12.1. The average Bonchev–Trinajstić information content (AvgIpc) is 2.57. The highest BCUT2D eigenvalue weighted by Gasteiger charge is 2.16. The maximum absolute atomic E-state index is 12.4. The molecule has 1 aromatic carbocycles. The van der Waals surface area contributed by atoms with Gasteiger partial charge in [-0.2, -0.15) is 0 Å². The monoisotopic (exact) mass is 256 g/mol. The average molecular weight is 256 g/mol. The zero-order valence-electron chi connectivity index (χ0n) is 12.1. The van der Waals surface area contributed by atoms with Gasteiger partial charge in [0.15, 0.2) is 0 Å². The van der Waals surface area contributed by atoms with Gasteiger partial charge in [-0.15, -0.1) is 0 Å². The van der Waals surface area contributed by atoms with Gasteiger partial charge in [-0.3, -0.25) is 4.79 Å². The lowest BCUT2D eigenvalue weighted by Crippen LogP contribution is -2.14. The quantitative estimate of drug-likeness (QED) is 0.843. The van der Waals surface area contributed by atoms with E-state index in [2.05, 4.69) is 16.4 Å². The highest BCUT2D eigenvalue weighted by atomic mass is 16.1. The van der Waals surface area contributed by atoms with Gasteiger partial charge in [-0.1, -0.05) is 17.7 Å². The summed E-state index contributed by atoms with van der Waals surface area (Å²) >= 11 is 0. The normalized spacial score (nSPS) is 10.6. The van der Waals surface area contributed by atoms with E-state index in [1.165, 1.54) is 5.56 Å². The van der Waals surface area contributed by atoms with E-state index in [0.29, 0.717) is 0 Å². The lowest BCUT2D eigenvalue weighted by Gasteiger charge is -2.09. The number of aryl methyl sites for hydroxylation is 4. The fraction of sp³-hybridized carbons (Fsp3) is 0.312. The Morgan fingerprint density at radius 3 is 2.26 bits per heavy atom. The molecular weight excluding hydrogens is 236 g/mol. The Balaban J connectivity index is 2.31. The summed E-state index contributed by atoms with van der Waals surface area (Å²) in [7, 11) is 0. The summed E-state index contributed by atoms with van der Waals surface area (Å²) in [4.78, 5) is 15.6. The minimum Gasteiger partial charge on any atom is -0.362 e. The molecule has 3 heteroatoms. The van der Waals surface area contributed by atoms with Crippen molar-refractivity contribution in [3.63, 3.8) is 0 Å². The molecule has 0 aliphatic carbocycles. The Morgan fingerprint density at radius 2 is 1.74 bits per heavy atom. The summed E-state index contributed by atoms with van der Waals surface area (Å²) in [6.45, 7) is 9.93. The number of aromatic nitrogens is 1. The Hall–Kier alpha value is -2.03. The smallest absolute Gasteiger partial charge is 0.257 e. The highest BCUT2D eigenvalue weighted by molar-refractivity contribution is 6.06. The maximum atomic E-state index is 12.4. The molecule has 100 valence electrons. The van der Waals surface area contributed by atoms with Gasteiger partial charge in [0.1, 0.15) is 0 Å². The van der Waals surface area contributed by atoms with Crippen LogP contribution in [0.3, 0.4) is 0 Å². The molecule has 3 nitrogen and oxygen atoms in total. The van der Waals surface area contributed by atoms with E-state index in [4.69, 9.17) is 0 Å². The predicted octanol–water partition coefficient (Wildman–Crippen LogP) is 3.81. The zero-order chi connectivity index (χ0) is 14.2. The topological polar surface area (TPSA) is 44.9 Å². The maximum Gasteiger partial charge on any atom is 0.257 e. The Morgan fingerprint density at radius 1 is 1.05 bits per heavy atom. The van der Waals surface area contributed by atoms with Crippen LogP contribution >= 0.6 is 0 Å². The van der Waals surface area contributed by atoms with E-state index < -0.39 is 0 Å². The van der Waals surface area contributed by atoms with Crippen LogP contribution in [0.5, 0.6) is 0 Å². The molecule has 2 rings (SSSR count). The second-order valence-electron chi connectivity index (χ2n) is 5.15. The van der Waals surface area contributed by atoms with Crippen LogP contribution < -0.4 is 5.32 Å². The molecule has 0 unspecified atom stereocenters. The minimum absolute atomic E-state index is 0.0497. The molecule has 0 aliphatic rings. The molecular formula is C16H20N2O. The first-order valence-electron chi connectivity index (χ1n) is 6.44. The number of hydrogen-bond donors (Lipinski definition) is 2. The molecule has 0 fully saturated rings. The van der Waals surface area contributed by atoms with Gasteiger partial charge in [-0.05, 0) is 51.8 Å². The van der Waals surface area contributed by atoms with Gasteiger partial charge in [0.05, 0.1) is 5.56 Å². The molecule has 19 heavy (non-hydrogen) atoms. The van der Waals surface area contributed by atoms with Gasteiger partial charge in [0, 0.05) is 17.1 Å². The van der Waals surface area contributed by atoms with E-state index in [1.807, 2.05) is 46.8 Å². The van der Waals surface area contributed by atoms with Crippen LogP contribution in [0.2, 0.25) is 0 Å². The standard InChI is InChI=1S/C16H20N2O/c1-9-6-7-14(10(2)8-9)18-16(19)15-11(3)12(4)17-13(15)5/h6-8,17H,1-5H3,(H,18,19). The molecule has 1 heterocycles. The lowest BCUT2D eigenvalue weighted by atomic mass is 10.1. The largest absolute Gasteiger partial charge is 0.362 e. The molecule has 0 aliphatic heterocycles. The number of carbonyl (C=O) groups is 1. The summed E-state index contributed by atoms with van der Waals surface area (Å²) in [5.41, 5.74) is 6.86. The van der Waals surface area contributed by atoms with E-state index >= 15 is 0 Å². The second kappa shape index (κ2) is 4.92. The molecule has 1 amide bonds. The van der Waals surface area contributed by atoms with Gasteiger partial charge in [-0.25, -0.2) is 0 Å². The minimum atomic E-state index is -0.0497. The summed E-state index contributed by atoms with van der Waals surface area (Å²) in [5.74, 6) is -0.0497. The number of H-pyrrole nitrogens is 1. The Labute approximate surface area is 114 Å². The molecule has 2 N–H and O–H groups in total. The second-order valence-corrected chi connectivity index (χ2v) is 5.15. The number of anilines is 1. The van der Waals surface area contributed by atoms with Crippen LogP contribution in [0.1, 0.15) is 38.4 Å². The molecule has 2 aromatic rings. The van der Waals surface area contributed by atoms with Crippen LogP contribution in [0.4, 0.5) is 5.69 Å². The number of aromatic amines is 1. The van der Waals surface area contributed by atoms with Crippen molar-refractivity contribution in [2.75, 3.05) is 5.32 Å². The molecule has 0 saturated carbocycles. The van der Waals surface area contributed by atoms with Crippen molar-refractivity contribution < 1.29 is 4.79 Å². The third-order valence-electron chi connectivity index (χ3n) is 3.54. The molecule has 0 spiro atoms. The third-order valence-corrected chi connectivity index (χ3v) is 3.54. The van der Waals surface area contributed by atoms with Crippen LogP contribution in [0, 0.1) is 34.6 Å². The first-order chi connectivity index (χ1) is 8.90.